The van der Waals surface area contributed by atoms with Gasteiger partial charge in [-0.3, -0.25) is 0 Å². The molecule has 8 heteroatoms. The number of ether oxygens (including phenoxy) is 2. The average molecular weight is 314 g/mol. The van der Waals surface area contributed by atoms with Gasteiger partial charge in [-0.25, -0.2) is 9.78 Å². The first-order valence-corrected chi connectivity index (χ1v) is 5.00. The maximum atomic E-state index is 12.6. The number of alkyl halides is 3. The largest absolute Gasteiger partial charge is 0.481 e. The minimum atomic E-state index is -4.62. The lowest BCUT2D eigenvalue weighted by Crippen LogP contribution is -2.13. The Labute approximate surface area is 103 Å². The summed E-state index contributed by atoms with van der Waals surface area (Å²) in [6.45, 7) is 0. The number of aromatic nitrogens is 1. The molecule has 0 aliphatic heterocycles. The van der Waals surface area contributed by atoms with E-state index < -0.39 is 23.6 Å². The molecule has 0 atom stereocenters. The maximum Gasteiger partial charge on any atom is 0.421 e. The van der Waals surface area contributed by atoms with E-state index in [1.165, 1.54) is 0 Å². The molecule has 4 nitrogen and oxygen atoms in total. The minimum Gasteiger partial charge on any atom is -0.481 e. The normalized spacial score (nSPS) is 11.2. The molecule has 0 unspecified atom stereocenters. The standard InChI is InChI=1S/C9H7BrF3NO3/c1-16-7-4(9(11,12)13)3-5(10)6(14-7)8(15)17-2/h3H,1-2H3. The lowest BCUT2D eigenvalue weighted by atomic mass is 10.2. The molecule has 94 valence electrons. The third-order valence-corrected chi connectivity index (χ3v) is 2.42. The first-order valence-electron chi connectivity index (χ1n) is 4.21. The van der Waals surface area contributed by atoms with Gasteiger partial charge < -0.3 is 9.47 Å². The molecular formula is C9H7BrF3NO3. The van der Waals surface area contributed by atoms with E-state index in [1.54, 1.807) is 0 Å². The molecule has 0 saturated heterocycles. The summed E-state index contributed by atoms with van der Waals surface area (Å²) in [7, 11) is 2.13. The van der Waals surface area contributed by atoms with Gasteiger partial charge in [0.05, 0.1) is 18.7 Å². The fraction of sp³-hybridized carbons (Fsp3) is 0.333. The molecule has 1 aromatic rings. The van der Waals surface area contributed by atoms with Gasteiger partial charge in [-0.15, -0.1) is 0 Å². The van der Waals surface area contributed by atoms with Gasteiger partial charge in [-0.1, -0.05) is 0 Å². The number of esters is 1. The van der Waals surface area contributed by atoms with Crippen molar-refractivity contribution in [1.29, 1.82) is 0 Å². The lowest BCUT2D eigenvalue weighted by Gasteiger charge is -2.12. The Morgan fingerprint density at radius 2 is 2.00 bits per heavy atom. The van der Waals surface area contributed by atoms with E-state index in [9.17, 15) is 18.0 Å². The van der Waals surface area contributed by atoms with Crippen LogP contribution in [0.25, 0.3) is 0 Å². The fourth-order valence-electron chi connectivity index (χ4n) is 1.07. The summed E-state index contributed by atoms with van der Waals surface area (Å²) >= 11 is 2.83. The van der Waals surface area contributed by atoms with E-state index in [0.717, 1.165) is 20.3 Å². The molecule has 1 rings (SSSR count). The first kappa shape index (κ1) is 13.8. The number of nitrogens with zero attached hydrogens (tertiary/aromatic N) is 1. The zero-order valence-corrected chi connectivity index (χ0v) is 10.3. The number of rotatable bonds is 2. The second-order valence-corrected chi connectivity index (χ2v) is 3.72. The van der Waals surface area contributed by atoms with Gasteiger partial charge in [0.25, 0.3) is 0 Å². The van der Waals surface area contributed by atoms with Crippen LogP contribution in [0.4, 0.5) is 13.2 Å². The highest BCUT2D eigenvalue weighted by Gasteiger charge is 2.36. The first-order chi connectivity index (χ1) is 7.81. The van der Waals surface area contributed by atoms with E-state index in [4.69, 9.17) is 0 Å². The number of halogens is 4. The van der Waals surface area contributed by atoms with Crippen molar-refractivity contribution in [2.24, 2.45) is 0 Å². The van der Waals surface area contributed by atoms with Crippen molar-refractivity contribution in [3.05, 3.63) is 21.8 Å². The van der Waals surface area contributed by atoms with Crippen LogP contribution in [0.2, 0.25) is 0 Å². The van der Waals surface area contributed by atoms with Crippen molar-refractivity contribution >= 4 is 21.9 Å². The van der Waals surface area contributed by atoms with Gasteiger partial charge in [-0.05, 0) is 22.0 Å². The monoisotopic (exact) mass is 313 g/mol. The Morgan fingerprint density at radius 1 is 1.41 bits per heavy atom. The molecule has 0 aliphatic carbocycles. The van der Waals surface area contributed by atoms with Crippen LogP contribution in [0.3, 0.4) is 0 Å². The predicted octanol–water partition coefficient (Wildman–Crippen LogP) is 2.66. The van der Waals surface area contributed by atoms with E-state index >= 15 is 0 Å². The SMILES string of the molecule is COC(=O)c1nc(OC)c(C(F)(F)F)cc1Br. The number of hydrogen-bond donors (Lipinski definition) is 0. The number of pyridine rings is 1. The highest BCUT2D eigenvalue weighted by molar-refractivity contribution is 9.10. The van der Waals surface area contributed by atoms with Crippen LogP contribution in [0.15, 0.2) is 10.5 Å². The zero-order chi connectivity index (χ0) is 13.2. The molecule has 0 aliphatic rings. The molecule has 0 saturated carbocycles. The summed E-state index contributed by atoms with van der Waals surface area (Å²) in [5.74, 6) is -1.54. The van der Waals surface area contributed by atoms with Crippen LogP contribution < -0.4 is 4.74 Å². The van der Waals surface area contributed by atoms with Crippen molar-refractivity contribution in [1.82, 2.24) is 4.98 Å². The molecule has 0 N–H and O–H groups in total. The van der Waals surface area contributed by atoms with E-state index in [0.29, 0.717) is 0 Å². The van der Waals surface area contributed by atoms with Gasteiger partial charge in [0, 0.05) is 0 Å². The molecular weight excluding hydrogens is 307 g/mol. The molecule has 17 heavy (non-hydrogen) atoms. The number of carbonyl (C=O) groups is 1. The Morgan fingerprint density at radius 3 is 2.41 bits per heavy atom. The van der Waals surface area contributed by atoms with Crippen LogP contribution in [0.1, 0.15) is 16.1 Å². The Bertz CT molecular complexity index is 448. The van der Waals surface area contributed by atoms with Gasteiger partial charge >= 0.3 is 12.1 Å². The van der Waals surface area contributed by atoms with Crippen molar-refractivity contribution in [3.8, 4) is 5.88 Å². The van der Waals surface area contributed by atoms with Crippen LogP contribution in [-0.2, 0) is 10.9 Å². The van der Waals surface area contributed by atoms with Crippen molar-refractivity contribution < 1.29 is 27.4 Å². The van der Waals surface area contributed by atoms with Crippen molar-refractivity contribution in [2.45, 2.75) is 6.18 Å². The summed E-state index contributed by atoms with van der Waals surface area (Å²) < 4.78 is 46.5. The molecule has 1 aromatic heterocycles. The Hall–Kier alpha value is -1.31. The van der Waals surface area contributed by atoms with Crippen LogP contribution in [0.5, 0.6) is 5.88 Å². The third-order valence-electron chi connectivity index (χ3n) is 1.82. The highest BCUT2D eigenvalue weighted by atomic mass is 79.9. The zero-order valence-electron chi connectivity index (χ0n) is 8.76. The Kier molecular flexibility index (Phi) is 3.97. The summed E-state index contributed by atoms with van der Waals surface area (Å²) in [5.41, 5.74) is -1.35. The van der Waals surface area contributed by atoms with Crippen molar-refractivity contribution in [3.63, 3.8) is 0 Å². The second kappa shape index (κ2) is 4.91. The number of carbonyl (C=O) groups excluding carboxylic acids is 1. The second-order valence-electron chi connectivity index (χ2n) is 2.86. The van der Waals surface area contributed by atoms with Crippen LogP contribution in [0, 0.1) is 0 Å². The highest BCUT2D eigenvalue weighted by Crippen LogP contribution is 2.37. The molecule has 0 bridgehead atoms. The summed E-state index contributed by atoms with van der Waals surface area (Å²) in [5, 5.41) is 0. The maximum absolute atomic E-state index is 12.6. The molecule has 0 radical (unpaired) electrons. The molecule has 0 fully saturated rings. The van der Waals surface area contributed by atoms with E-state index in [2.05, 4.69) is 30.4 Å². The van der Waals surface area contributed by atoms with E-state index in [1.807, 2.05) is 0 Å². The third kappa shape index (κ3) is 2.87. The smallest absolute Gasteiger partial charge is 0.421 e. The topological polar surface area (TPSA) is 48.4 Å². The summed E-state index contributed by atoms with van der Waals surface area (Å²) in [6.07, 6.45) is -4.62. The lowest BCUT2D eigenvalue weighted by molar-refractivity contribution is -0.139. The fourth-order valence-corrected chi connectivity index (χ4v) is 1.55. The summed E-state index contributed by atoms with van der Waals surface area (Å²) in [6, 6.07) is 0.720. The van der Waals surface area contributed by atoms with Gasteiger partial charge in [-0.2, -0.15) is 13.2 Å². The van der Waals surface area contributed by atoms with Gasteiger partial charge in [0.15, 0.2) is 5.69 Å². The van der Waals surface area contributed by atoms with E-state index in [-0.39, 0.29) is 10.2 Å². The number of hydrogen-bond acceptors (Lipinski definition) is 4. The molecule has 0 spiro atoms. The molecule has 1 heterocycles. The average Bonchev–Trinajstić information content (AvgIpc) is 2.26. The van der Waals surface area contributed by atoms with Crippen molar-refractivity contribution in [2.75, 3.05) is 14.2 Å². The minimum absolute atomic E-state index is 0.113. The van der Waals surface area contributed by atoms with Crippen LogP contribution >= 0.6 is 15.9 Å². The molecule has 0 amide bonds. The number of methoxy groups -OCH3 is 2. The Balaban J connectivity index is 3.40. The predicted molar refractivity (Wildman–Crippen MR) is 54.8 cm³/mol. The molecule has 0 aromatic carbocycles. The quantitative estimate of drug-likeness (QED) is 0.788. The van der Waals surface area contributed by atoms with Gasteiger partial charge in [0.1, 0.15) is 5.56 Å². The van der Waals surface area contributed by atoms with Gasteiger partial charge in [0.2, 0.25) is 5.88 Å². The summed E-state index contributed by atoms with van der Waals surface area (Å²) in [4.78, 5) is 14.7. The van der Waals surface area contributed by atoms with Crippen LogP contribution in [-0.4, -0.2) is 25.2 Å².